The SMILES string of the molecule is O=C(C=Cc1ccc(CCCCCCc2ccc(N3C(=O)C=CC3=O)cc2)cc1)c1ccc(F)cc1. The van der Waals surface area contributed by atoms with Gasteiger partial charge in [-0.3, -0.25) is 14.4 Å². The molecule has 0 atom stereocenters. The van der Waals surface area contributed by atoms with Gasteiger partial charge in [-0.1, -0.05) is 55.3 Å². The van der Waals surface area contributed by atoms with Crippen molar-refractivity contribution in [1.82, 2.24) is 0 Å². The third-order valence-electron chi connectivity index (χ3n) is 6.22. The Hall–Kier alpha value is -4.12. The summed E-state index contributed by atoms with van der Waals surface area (Å²) in [5.41, 5.74) is 4.50. The number of nitrogens with zero attached hydrogens (tertiary/aromatic N) is 1. The summed E-state index contributed by atoms with van der Waals surface area (Å²) in [6.07, 6.45) is 12.4. The van der Waals surface area contributed by atoms with Gasteiger partial charge in [0.2, 0.25) is 0 Å². The first-order valence-electron chi connectivity index (χ1n) is 12.2. The molecule has 1 aliphatic rings. The first-order chi connectivity index (χ1) is 17.5. The fourth-order valence-corrected chi connectivity index (χ4v) is 4.16. The van der Waals surface area contributed by atoms with E-state index >= 15 is 0 Å². The van der Waals surface area contributed by atoms with Gasteiger partial charge in [0, 0.05) is 17.7 Å². The summed E-state index contributed by atoms with van der Waals surface area (Å²) >= 11 is 0. The van der Waals surface area contributed by atoms with Gasteiger partial charge in [-0.25, -0.2) is 9.29 Å². The molecule has 1 heterocycles. The zero-order chi connectivity index (χ0) is 25.3. The van der Waals surface area contributed by atoms with Crippen molar-refractivity contribution in [3.05, 3.63) is 119 Å². The molecule has 2 amide bonds. The fraction of sp³-hybridized carbons (Fsp3) is 0.194. The van der Waals surface area contributed by atoms with Gasteiger partial charge in [0.25, 0.3) is 11.8 Å². The second kappa shape index (κ2) is 12.0. The number of rotatable bonds is 11. The van der Waals surface area contributed by atoms with E-state index in [0.717, 1.165) is 44.1 Å². The van der Waals surface area contributed by atoms with Crippen LogP contribution in [0, 0.1) is 5.82 Å². The summed E-state index contributed by atoms with van der Waals surface area (Å²) in [4.78, 5) is 36.9. The molecule has 0 bridgehead atoms. The predicted molar refractivity (Wildman–Crippen MR) is 140 cm³/mol. The molecule has 1 aliphatic heterocycles. The van der Waals surface area contributed by atoms with Crippen LogP contribution in [0.15, 0.2) is 91.0 Å². The summed E-state index contributed by atoms with van der Waals surface area (Å²) in [5.74, 6) is -1.10. The molecule has 182 valence electrons. The smallest absolute Gasteiger partial charge is 0.258 e. The molecular formula is C31H28FNO3. The number of ketones is 1. The van der Waals surface area contributed by atoms with Crippen LogP contribution in [0.2, 0.25) is 0 Å². The molecule has 36 heavy (non-hydrogen) atoms. The number of anilines is 1. The first-order valence-corrected chi connectivity index (χ1v) is 12.2. The maximum absolute atomic E-state index is 13.0. The molecule has 0 saturated carbocycles. The van der Waals surface area contributed by atoms with Crippen molar-refractivity contribution in [2.45, 2.75) is 38.5 Å². The quantitative estimate of drug-likeness (QED) is 0.136. The Bertz CT molecular complexity index is 1250. The number of carbonyl (C=O) groups is 3. The van der Waals surface area contributed by atoms with Gasteiger partial charge in [0.05, 0.1) is 5.69 Å². The lowest BCUT2D eigenvalue weighted by Crippen LogP contribution is -2.29. The molecule has 0 aromatic heterocycles. The van der Waals surface area contributed by atoms with E-state index in [1.54, 1.807) is 6.08 Å². The number of benzene rings is 3. The molecule has 4 nitrogen and oxygen atoms in total. The van der Waals surface area contributed by atoms with Crippen LogP contribution in [0.4, 0.5) is 10.1 Å². The minimum atomic E-state index is -0.355. The largest absolute Gasteiger partial charge is 0.289 e. The maximum Gasteiger partial charge on any atom is 0.258 e. The molecule has 0 radical (unpaired) electrons. The first kappa shape index (κ1) is 25.0. The van der Waals surface area contributed by atoms with Crippen LogP contribution in [0.25, 0.3) is 6.08 Å². The molecule has 0 fully saturated rings. The van der Waals surface area contributed by atoms with Crippen LogP contribution in [0.5, 0.6) is 0 Å². The normalized spacial score (nSPS) is 13.2. The Kier molecular flexibility index (Phi) is 8.35. The highest BCUT2D eigenvalue weighted by molar-refractivity contribution is 6.28. The molecule has 0 saturated heterocycles. The molecule has 0 aliphatic carbocycles. The monoisotopic (exact) mass is 481 g/mol. The highest BCUT2D eigenvalue weighted by Crippen LogP contribution is 2.20. The van der Waals surface area contributed by atoms with Crippen LogP contribution in [-0.4, -0.2) is 17.6 Å². The molecular weight excluding hydrogens is 453 g/mol. The van der Waals surface area contributed by atoms with E-state index in [1.165, 1.54) is 58.5 Å². The van der Waals surface area contributed by atoms with Crippen LogP contribution < -0.4 is 4.90 Å². The van der Waals surface area contributed by atoms with Crippen LogP contribution in [0.1, 0.15) is 52.7 Å². The van der Waals surface area contributed by atoms with E-state index in [4.69, 9.17) is 0 Å². The van der Waals surface area contributed by atoms with Crippen LogP contribution in [0.3, 0.4) is 0 Å². The summed E-state index contributed by atoms with van der Waals surface area (Å²) in [7, 11) is 0. The van der Waals surface area contributed by atoms with Crippen LogP contribution >= 0.6 is 0 Å². The topological polar surface area (TPSA) is 54.5 Å². The van der Waals surface area contributed by atoms with Gasteiger partial charge in [0.1, 0.15) is 5.82 Å². The minimum Gasteiger partial charge on any atom is -0.289 e. The van der Waals surface area contributed by atoms with Crippen molar-refractivity contribution >= 4 is 29.4 Å². The second-order valence-electron chi connectivity index (χ2n) is 8.87. The lowest BCUT2D eigenvalue weighted by atomic mass is 10.0. The lowest BCUT2D eigenvalue weighted by molar-refractivity contribution is -0.119. The highest BCUT2D eigenvalue weighted by Gasteiger charge is 2.24. The summed E-state index contributed by atoms with van der Waals surface area (Å²) in [6, 6.07) is 21.4. The zero-order valence-electron chi connectivity index (χ0n) is 20.0. The Morgan fingerprint density at radius 1 is 0.694 bits per heavy atom. The lowest BCUT2D eigenvalue weighted by Gasteiger charge is -2.14. The van der Waals surface area contributed by atoms with E-state index in [1.807, 2.05) is 36.4 Å². The summed E-state index contributed by atoms with van der Waals surface area (Å²) in [5, 5.41) is 0. The summed E-state index contributed by atoms with van der Waals surface area (Å²) in [6.45, 7) is 0. The van der Waals surface area contributed by atoms with Crippen molar-refractivity contribution < 1.29 is 18.8 Å². The van der Waals surface area contributed by atoms with Crippen molar-refractivity contribution in [2.75, 3.05) is 4.90 Å². The minimum absolute atomic E-state index is 0.149. The number of unbranched alkanes of at least 4 members (excludes halogenated alkanes) is 3. The molecule has 3 aromatic carbocycles. The molecule has 0 N–H and O–H groups in total. The number of halogens is 1. The Morgan fingerprint density at radius 3 is 1.78 bits per heavy atom. The van der Waals surface area contributed by atoms with Crippen LogP contribution in [-0.2, 0) is 22.4 Å². The standard InChI is InChI=1S/C31H28FNO3/c32-27-16-14-26(15-17-27)29(34)20-13-25-9-7-23(8-10-25)5-3-1-2-4-6-24-11-18-28(19-12-24)33-30(35)21-22-31(33)36/h7-22H,1-6H2. The molecule has 3 aromatic rings. The number of carbonyl (C=O) groups excluding carboxylic acids is 3. The average Bonchev–Trinajstić information content (AvgIpc) is 3.23. The Morgan fingerprint density at radius 2 is 1.22 bits per heavy atom. The van der Waals surface area contributed by atoms with E-state index in [9.17, 15) is 18.8 Å². The fourth-order valence-electron chi connectivity index (χ4n) is 4.16. The number of hydrogen-bond donors (Lipinski definition) is 0. The van der Waals surface area contributed by atoms with Gasteiger partial charge in [-0.15, -0.1) is 0 Å². The van der Waals surface area contributed by atoms with Gasteiger partial charge in [-0.2, -0.15) is 0 Å². The van der Waals surface area contributed by atoms with Crippen molar-refractivity contribution in [3.8, 4) is 0 Å². The second-order valence-corrected chi connectivity index (χ2v) is 8.87. The maximum atomic E-state index is 13.0. The number of imide groups is 1. The third kappa shape index (κ3) is 6.72. The third-order valence-corrected chi connectivity index (χ3v) is 6.22. The van der Waals surface area contributed by atoms with E-state index in [-0.39, 0.29) is 23.4 Å². The van der Waals surface area contributed by atoms with Crippen molar-refractivity contribution in [1.29, 1.82) is 0 Å². The van der Waals surface area contributed by atoms with Crippen molar-refractivity contribution in [3.63, 3.8) is 0 Å². The number of allylic oxidation sites excluding steroid dienone is 1. The number of hydrogen-bond acceptors (Lipinski definition) is 3. The van der Waals surface area contributed by atoms with Gasteiger partial charge in [-0.05, 0) is 84.8 Å². The van der Waals surface area contributed by atoms with E-state index in [0.29, 0.717) is 11.3 Å². The average molecular weight is 482 g/mol. The highest BCUT2D eigenvalue weighted by atomic mass is 19.1. The van der Waals surface area contributed by atoms with Crippen molar-refractivity contribution in [2.24, 2.45) is 0 Å². The van der Waals surface area contributed by atoms with Gasteiger partial charge in [0.15, 0.2) is 5.78 Å². The van der Waals surface area contributed by atoms with E-state index in [2.05, 4.69) is 12.1 Å². The van der Waals surface area contributed by atoms with E-state index < -0.39 is 0 Å². The molecule has 0 unspecified atom stereocenters. The molecule has 0 spiro atoms. The molecule has 4 rings (SSSR count). The number of aryl methyl sites for hydroxylation is 2. The van der Waals surface area contributed by atoms with Gasteiger partial charge < -0.3 is 0 Å². The molecule has 5 heteroatoms. The predicted octanol–water partition coefficient (Wildman–Crippen LogP) is 6.50. The Labute approximate surface area is 210 Å². The van der Waals surface area contributed by atoms with Gasteiger partial charge >= 0.3 is 0 Å². The number of amides is 2. The Balaban J connectivity index is 1.14. The zero-order valence-corrected chi connectivity index (χ0v) is 20.0. The summed E-state index contributed by atoms with van der Waals surface area (Å²) < 4.78 is 13.0.